The summed E-state index contributed by atoms with van der Waals surface area (Å²) in [5.74, 6) is 0.0588. The second-order valence-electron chi connectivity index (χ2n) is 4.78. The van der Waals surface area contributed by atoms with Gasteiger partial charge in [0, 0.05) is 27.6 Å². The molecule has 0 saturated carbocycles. The van der Waals surface area contributed by atoms with Gasteiger partial charge < -0.3 is 10.6 Å². The van der Waals surface area contributed by atoms with Crippen molar-refractivity contribution in [2.24, 2.45) is 0 Å². The molecular weight excluding hydrogens is 336 g/mol. The van der Waals surface area contributed by atoms with Gasteiger partial charge in [0.1, 0.15) is 4.88 Å². The number of carbonyl (C=O) groups is 1. The number of nitrogens with zero attached hydrogens (tertiary/aromatic N) is 1. The van der Waals surface area contributed by atoms with E-state index in [2.05, 4.69) is 29.8 Å². The second-order valence-corrected chi connectivity index (χ2v) is 6.75. The molecule has 0 bridgehead atoms. The molecule has 0 aliphatic rings. The Morgan fingerprint density at radius 3 is 2.55 bits per heavy atom. The van der Waals surface area contributed by atoms with E-state index in [4.69, 9.17) is 5.73 Å². The van der Waals surface area contributed by atoms with Crippen LogP contribution in [-0.2, 0) is 0 Å². The van der Waals surface area contributed by atoms with Crippen LogP contribution in [0.25, 0.3) is 10.1 Å². The number of rotatable bonds is 5. The molecule has 0 aliphatic heterocycles. The molecular formula is C15H19BrN2OS. The summed E-state index contributed by atoms with van der Waals surface area (Å²) >= 11 is 4.93. The van der Waals surface area contributed by atoms with Crippen molar-refractivity contribution in [2.45, 2.75) is 26.7 Å². The van der Waals surface area contributed by atoms with Crippen LogP contribution in [0.15, 0.2) is 22.7 Å². The van der Waals surface area contributed by atoms with Crippen LogP contribution in [0.1, 0.15) is 36.4 Å². The third-order valence-electron chi connectivity index (χ3n) is 3.16. The highest BCUT2D eigenvalue weighted by Crippen LogP contribution is 2.36. The monoisotopic (exact) mass is 354 g/mol. The SMILES string of the molecule is CCCN(CCC)C(=O)c1sc2cc(Br)ccc2c1N. The summed E-state index contributed by atoms with van der Waals surface area (Å²) in [6, 6.07) is 5.93. The highest BCUT2D eigenvalue weighted by atomic mass is 79.9. The van der Waals surface area contributed by atoms with Crippen LogP contribution in [0, 0.1) is 0 Å². The summed E-state index contributed by atoms with van der Waals surface area (Å²) in [5, 5.41) is 0.967. The summed E-state index contributed by atoms with van der Waals surface area (Å²) < 4.78 is 2.05. The van der Waals surface area contributed by atoms with Gasteiger partial charge in [0.15, 0.2) is 0 Å². The Morgan fingerprint density at radius 1 is 1.30 bits per heavy atom. The molecule has 2 rings (SSSR count). The van der Waals surface area contributed by atoms with Crippen molar-refractivity contribution in [3.8, 4) is 0 Å². The van der Waals surface area contributed by atoms with E-state index in [1.165, 1.54) is 11.3 Å². The minimum Gasteiger partial charge on any atom is -0.397 e. The first-order valence-electron chi connectivity index (χ1n) is 6.85. The molecule has 2 N–H and O–H groups in total. The minimum atomic E-state index is 0.0588. The number of hydrogen-bond donors (Lipinski definition) is 1. The summed E-state index contributed by atoms with van der Waals surface area (Å²) in [7, 11) is 0. The van der Waals surface area contributed by atoms with Gasteiger partial charge in [-0.2, -0.15) is 0 Å². The number of hydrogen-bond acceptors (Lipinski definition) is 3. The molecule has 0 saturated heterocycles. The van der Waals surface area contributed by atoms with Gasteiger partial charge in [0.2, 0.25) is 0 Å². The van der Waals surface area contributed by atoms with E-state index in [0.29, 0.717) is 10.6 Å². The Balaban J connectivity index is 2.40. The van der Waals surface area contributed by atoms with Gasteiger partial charge in [0.05, 0.1) is 5.69 Å². The molecule has 0 radical (unpaired) electrons. The lowest BCUT2D eigenvalue weighted by molar-refractivity contribution is 0.0761. The van der Waals surface area contributed by atoms with Crippen molar-refractivity contribution in [3.63, 3.8) is 0 Å². The first kappa shape index (κ1) is 15.3. The molecule has 0 atom stereocenters. The van der Waals surface area contributed by atoms with Gasteiger partial charge in [-0.15, -0.1) is 11.3 Å². The average Bonchev–Trinajstić information content (AvgIpc) is 2.74. The van der Waals surface area contributed by atoms with E-state index in [-0.39, 0.29) is 5.91 Å². The first-order chi connectivity index (χ1) is 9.58. The fraction of sp³-hybridized carbons (Fsp3) is 0.400. The van der Waals surface area contributed by atoms with E-state index in [1.54, 1.807) is 0 Å². The molecule has 5 heteroatoms. The zero-order valence-corrected chi connectivity index (χ0v) is 14.2. The predicted molar refractivity (Wildman–Crippen MR) is 90.4 cm³/mol. The number of amides is 1. The number of thiophene rings is 1. The number of carbonyl (C=O) groups excluding carboxylic acids is 1. The molecule has 2 aromatic rings. The number of anilines is 1. The average molecular weight is 355 g/mol. The van der Waals surface area contributed by atoms with Crippen molar-refractivity contribution < 1.29 is 4.79 Å². The number of halogens is 1. The van der Waals surface area contributed by atoms with Crippen LogP contribution in [0.2, 0.25) is 0 Å². The Kier molecular flexibility index (Phi) is 5.05. The summed E-state index contributed by atoms with van der Waals surface area (Å²) in [4.78, 5) is 15.2. The lowest BCUT2D eigenvalue weighted by Gasteiger charge is -2.20. The maximum atomic E-state index is 12.6. The Morgan fingerprint density at radius 2 is 1.95 bits per heavy atom. The van der Waals surface area contributed by atoms with Crippen LogP contribution in [0.4, 0.5) is 5.69 Å². The molecule has 0 spiro atoms. The molecule has 0 fully saturated rings. The van der Waals surface area contributed by atoms with Crippen molar-refractivity contribution in [3.05, 3.63) is 27.5 Å². The predicted octanol–water partition coefficient (Wildman–Crippen LogP) is 4.51. The molecule has 1 heterocycles. The van der Waals surface area contributed by atoms with Crippen molar-refractivity contribution in [1.82, 2.24) is 4.90 Å². The first-order valence-corrected chi connectivity index (χ1v) is 8.46. The molecule has 1 amide bonds. The topological polar surface area (TPSA) is 46.3 Å². The normalized spacial score (nSPS) is 10.9. The molecule has 20 heavy (non-hydrogen) atoms. The summed E-state index contributed by atoms with van der Waals surface area (Å²) in [5.41, 5.74) is 6.78. The third-order valence-corrected chi connectivity index (χ3v) is 4.81. The maximum Gasteiger partial charge on any atom is 0.266 e. The van der Waals surface area contributed by atoms with Gasteiger partial charge in [0.25, 0.3) is 5.91 Å². The van der Waals surface area contributed by atoms with Crippen LogP contribution in [0.3, 0.4) is 0 Å². The van der Waals surface area contributed by atoms with Gasteiger partial charge >= 0.3 is 0 Å². The lowest BCUT2D eigenvalue weighted by atomic mass is 10.2. The Bertz CT molecular complexity index is 618. The van der Waals surface area contributed by atoms with E-state index in [9.17, 15) is 4.79 Å². The molecule has 3 nitrogen and oxygen atoms in total. The van der Waals surface area contributed by atoms with Gasteiger partial charge in [-0.1, -0.05) is 35.8 Å². The zero-order valence-electron chi connectivity index (χ0n) is 11.8. The van der Waals surface area contributed by atoms with E-state index < -0.39 is 0 Å². The lowest BCUT2D eigenvalue weighted by Crippen LogP contribution is -2.32. The highest BCUT2D eigenvalue weighted by molar-refractivity contribution is 9.10. The van der Waals surface area contributed by atoms with E-state index >= 15 is 0 Å². The number of nitrogens with two attached hydrogens (primary N) is 1. The number of fused-ring (bicyclic) bond motifs is 1. The van der Waals surface area contributed by atoms with Crippen LogP contribution >= 0.6 is 27.3 Å². The molecule has 1 aromatic heterocycles. The van der Waals surface area contributed by atoms with E-state index in [1.807, 2.05) is 23.1 Å². The van der Waals surface area contributed by atoms with Gasteiger partial charge in [-0.05, 0) is 25.0 Å². The standard InChI is InChI=1S/C15H19BrN2OS/c1-3-7-18(8-4-2)15(19)14-13(17)11-6-5-10(16)9-12(11)20-14/h5-6,9H,3-4,7-8,17H2,1-2H3. The van der Waals surface area contributed by atoms with Crippen molar-refractivity contribution in [1.29, 1.82) is 0 Å². The fourth-order valence-corrected chi connectivity index (χ4v) is 3.89. The van der Waals surface area contributed by atoms with E-state index in [0.717, 1.165) is 40.5 Å². The molecule has 0 aliphatic carbocycles. The highest BCUT2D eigenvalue weighted by Gasteiger charge is 2.21. The Hall–Kier alpha value is -1.07. The second kappa shape index (κ2) is 6.59. The summed E-state index contributed by atoms with van der Waals surface area (Å²) in [6.07, 6.45) is 1.92. The number of benzene rings is 1. The third kappa shape index (κ3) is 2.99. The number of nitrogen functional groups attached to an aromatic ring is 1. The molecule has 108 valence electrons. The van der Waals surface area contributed by atoms with Crippen LogP contribution < -0.4 is 5.73 Å². The maximum absolute atomic E-state index is 12.6. The fourth-order valence-electron chi connectivity index (χ4n) is 2.25. The molecule has 1 aromatic carbocycles. The van der Waals surface area contributed by atoms with Crippen molar-refractivity contribution in [2.75, 3.05) is 18.8 Å². The Labute approximate surface area is 131 Å². The molecule has 0 unspecified atom stereocenters. The van der Waals surface area contributed by atoms with Gasteiger partial charge in [-0.3, -0.25) is 4.79 Å². The largest absolute Gasteiger partial charge is 0.397 e. The van der Waals surface area contributed by atoms with Gasteiger partial charge in [-0.25, -0.2) is 0 Å². The zero-order chi connectivity index (χ0) is 14.7. The van der Waals surface area contributed by atoms with Crippen molar-refractivity contribution >= 4 is 48.9 Å². The minimum absolute atomic E-state index is 0.0588. The van der Waals surface area contributed by atoms with Crippen LogP contribution in [0.5, 0.6) is 0 Å². The quantitative estimate of drug-likeness (QED) is 0.858. The summed E-state index contributed by atoms with van der Waals surface area (Å²) in [6.45, 7) is 5.73. The van der Waals surface area contributed by atoms with Crippen LogP contribution in [-0.4, -0.2) is 23.9 Å². The smallest absolute Gasteiger partial charge is 0.266 e.